The molecule has 0 unspecified atom stereocenters. The topological polar surface area (TPSA) is 71.5 Å². The summed E-state index contributed by atoms with van der Waals surface area (Å²) in [5, 5.41) is 2.84. The number of amides is 2. The smallest absolute Gasteiger partial charge is 0.410 e. The second kappa shape index (κ2) is 9.03. The first-order valence-corrected chi connectivity index (χ1v) is 9.73. The Kier molecular flexibility index (Phi) is 6.46. The molecule has 0 bridgehead atoms. The largest absolute Gasteiger partial charge is 0.445 e. The summed E-state index contributed by atoms with van der Waals surface area (Å²) in [7, 11) is 0. The van der Waals surface area contributed by atoms with E-state index in [4.69, 9.17) is 4.74 Å². The van der Waals surface area contributed by atoms with Crippen LogP contribution in [0, 0.1) is 0 Å². The zero-order valence-corrected chi connectivity index (χ0v) is 16.7. The van der Waals surface area contributed by atoms with Crippen LogP contribution in [0.15, 0.2) is 54.7 Å². The number of carbonyl (C=O) groups is 2. The van der Waals surface area contributed by atoms with Crippen LogP contribution in [0.1, 0.15) is 37.9 Å². The van der Waals surface area contributed by atoms with E-state index in [1.54, 1.807) is 32.2 Å². The zero-order valence-electron chi connectivity index (χ0n) is 16.7. The van der Waals surface area contributed by atoms with Gasteiger partial charge in [0.15, 0.2) is 0 Å². The van der Waals surface area contributed by atoms with Gasteiger partial charge in [0.25, 0.3) is 0 Å². The fraction of sp³-hybridized carbons (Fsp3) is 0.409. The lowest BCUT2D eigenvalue weighted by Crippen LogP contribution is -2.59. The number of nitrogens with one attached hydrogen (secondary N) is 1. The molecule has 0 aliphatic carbocycles. The number of halogens is 1. The van der Waals surface area contributed by atoms with Gasteiger partial charge in [0.05, 0.1) is 11.2 Å². The van der Waals surface area contributed by atoms with Gasteiger partial charge in [-0.05, 0) is 44.4 Å². The van der Waals surface area contributed by atoms with Crippen molar-refractivity contribution >= 4 is 12.0 Å². The highest BCUT2D eigenvalue weighted by Crippen LogP contribution is 2.24. The molecule has 2 heterocycles. The van der Waals surface area contributed by atoms with E-state index in [-0.39, 0.29) is 19.6 Å². The Morgan fingerprint density at radius 3 is 2.62 bits per heavy atom. The molecule has 0 spiro atoms. The van der Waals surface area contributed by atoms with Crippen LogP contribution >= 0.6 is 0 Å². The lowest BCUT2D eigenvalue weighted by atomic mass is 9.95. The lowest BCUT2D eigenvalue weighted by molar-refractivity contribution is -0.131. The third-order valence-electron chi connectivity index (χ3n) is 5.01. The second-order valence-electron chi connectivity index (χ2n) is 7.67. The summed E-state index contributed by atoms with van der Waals surface area (Å²) in [6, 6.07) is 13.4. The minimum atomic E-state index is -1.45. The van der Waals surface area contributed by atoms with Crippen molar-refractivity contribution in [3.05, 3.63) is 66.0 Å². The minimum Gasteiger partial charge on any atom is -0.445 e. The van der Waals surface area contributed by atoms with Crippen molar-refractivity contribution in [2.45, 2.75) is 51.0 Å². The van der Waals surface area contributed by atoms with Crippen LogP contribution in [0.3, 0.4) is 0 Å². The van der Waals surface area contributed by atoms with Gasteiger partial charge in [0, 0.05) is 12.7 Å². The number of likely N-dealkylation sites (tertiary alicyclic amines) is 1. The maximum Gasteiger partial charge on any atom is 0.410 e. The molecule has 7 heteroatoms. The van der Waals surface area contributed by atoms with E-state index < -0.39 is 29.8 Å². The van der Waals surface area contributed by atoms with Gasteiger partial charge in [-0.1, -0.05) is 36.4 Å². The third-order valence-corrected chi connectivity index (χ3v) is 5.01. The number of piperidine rings is 1. The molecule has 1 aromatic carbocycles. The Morgan fingerprint density at radius 1 is 1.21 bits per heavy atom. The first-order chi connectivity index (χ1) is 13.9. The van der Waals surface area contributed by atoms with Gasteiger partial charge in [-0.15, -0.1) is 0 Å². The molecule has 1 N–H and O–H groups in total. The van der Waals surface area contributed by atoms with Crippen molar-refractivity contribution in [1.29, 1.82) is 0 Å². The van der Waals surface area contributed by atoms with Crippen molar-refractivity contribution in [3.63, 3.8) is 0 Å². The van der Waals surface area contributed by atoms with Gasteiger partial charge in [0.2, 0.25) is 5.91 Å². The van der Waals surface area contributed by atoms with Crippen molar-refractivity contribution in [2.75, 3.05) is 6.54 Å². The number of hydrogen-bond acceptors (Lipinski definition) is 4. The Balaban J connectivity index is 1.70. The van der Waals surface area contributed by atoms with E-state index in [0.29, 0.717) is 12.1 Å². The Morgan fingerprint density at radius 2 is 1.93 bits per heavy atom. The predicted molar refractivity (Wildman–Crippen MR) is 107 cm³/mol. The molecule has 154 valence electrons. The molecular weight excluding hydrogens is 373 g/mol. The molecule has 0 radical (unpaired) electrons. The molecule has 0 saturated carbocycles. The second-order valence-corrected chi connectivity index (χ2v) is 7.67. The van der Waals surface area contributed by atoms with Gasteiger partial charge in [-0.2, -0.15) is 0 Å². The molecule has 1 aliphatic heterocycles. The standard InChI is InChI=1S/C22H26FN3O3/c1-22(2,18-12-6-7-13-24-18)25-20(27)19-17(23)11-8-14-26(19)21(28)29-15-16-9-4-3-5-10-16/h3-7,9-10,12-13,17,19H,8,11,14-15H2,1-2H3,(H,25,27)/t17-,19-/m0/s1. The quantitative estimate of drug-likeness (QED) is 0.834. The van der Waals surface area contributed by atoms with Crippen LogP contribution in [0.25, 0.3) is 0 Å². The number of nitrogens with zero attached hydrogens (tertiary/aromatic N) is 2. The normalized spacial score (nSPS) is 19.5. The van der Waals surface area contributed by atoms with Crippen LogP contribution in [-0.2, 0) is 21.7 Å². The highest BCUT2D eigenvalue weighted by molar-refractivity contribution is 5.87. The van der Waals surface area contributed by atoms with Gasteiger partial charge >= 0.3 is 6.09 Å². The molecule has 2 aromatic rings. The van der Waals surface area contributed by atoms with Gasteiger partial charge in [-0.25, -0.2) is 9.18 Å². The van der Waals surface area contributed by atoms with Crippen LogP contribution in [0.2, 0.25) is 0 Å². The highest BCUT2D eigenvalue weighted by Gasteiger charge is 2.42. The number of hydrogen-bond donors (Lipinski definition) is 1. The van der Waals surface area contributed by atoms with E-state index in [0.717, 1.165) is 5.56 Å². The van der Waals surface area contributed by atoms with Crippen molar-refractivity contribution < 1.29 is 18.7 Å². The number of rotatable bonds is 5. The summed E-state index contributed by atoms with van der Waals surface area (Å²) >= 11 is 0. The fourth-order valence-corrected chi connectivity index (χ4v) is 3.44. The van der Waals surface area contributed by atoms with E-state index in [1.165, 1.54) is 4.90 Å². The number of pyridine rings is 1. The third kappa shape index (κ3) is 5.10. The average molecular weight is 399 g/mol. The number of carbonyl (C=O) groups excluding carboxylic acids is 2. The van der Waals surface area contributed by atoms with Crippen LogP contribution in [-0.4, -0.2) is 40.6 Å². The number of ether oxygens (including phenoxy) is 1. The predicted octanol–water partition coefficient (Wildman–Crippen LogP) is 3.57. The van der Waals surface area contributed by atoms with Crippen molar-refractivity contribution in [2.24, 2.45) is 0 Å². The Hall–Kier alpha value is -2.96. The van der Waals surface area contributed by atoms with Crippen LogP contribution in [0.4, 0.5) is 9.18 Å². The van der Waals surface area contributed by atoms with Gasteiger partial charge < -0.3 is 10.1 Å². The van der Waals surface area contributed by atoms with Crippen molar-refractivity contribution in [3.8, 4) is 0 Å². The monoisotopic (exact) mass is 399 g/mol. The molecule has 1 saturated heterocycles. The van der Waals surface area contributed by atoms with Crippen LogP contribution in [0.5, 0.6) is 0 Å². The highest BCUT2D eigenvalue weighted by atomic mass is 19.1. The summed E-state index contributed by atoms with van der Waals surface area (Å²) in [5.74, 6) is -0.551. The van der Waals surface area contributed by atoms with Crippen molar-refractivity contribution in [1.82, 2.24) is 15.2 Å². The molecular formula is C22H26FN3O3. The average Bonchev–Trinajstić information content (AvgIpc) is 2.72. The van der Waals surface area contributed by atoms with E-state index >= 15 is 0 Å². The Bertz CT molecular complexity index is 830. The van der Waals surface area contributed by atoms with Crippen LogP contribution < -0.4 is 5.32 Å². The number of aromatic nitrogens is 1. The van der Waals surface area contributed by atoms with Gasteiger partial charge in [0.1, 0.15) is 18.8 Å². The van der Waals surface area contributed by atoms with E-state index in [9.17, 15) is 14.0 Å². The molecule has 6 nitrogen and oxygen atoms in total. The van der Waals surface area contributed by atoms with Gasteiger partial charge in [-0.3, -0.25) is 14.7 Å². The summed E-state index contributed by atoms with van der Waals surface area (Å²) in [6.45, 7) is 3.93. The molecule has 1 aliphatic rings. The minimum absolute atomic E-state index is 0.0703. The number of alkyl halides is 1. The maximum absolute atomic E-state index is 14.7. The molecule has 1 aromatic heterocycles. The summed E-state index contributed by atoms with van der Waals surface area (Å²) in [6.07, 6.45) is 0.203. The SMILES string of the molecule is CC(C)(NC(=O)[C@@H]1[C@@H](F)CCCN1C(=O)OCc1ccccc1)c1ccccn1. The molecule has 3 rings (SSSR count). The summed E-state index contributed by atoms with van der Waals surface area (Å²) in [4.78, 5) is 31.0. The summed E-state index contributed by atoms with van der Waals surface area (Å²) in [5.41, 5.74) is 0.666. The molecule has 29 heavy (non-hydrogen) atoms. The zero-order chi connectivity index (χ0) is 20.9. The fourth-order valence-electron chi connectivity index (χ4n) is 3.44. The molecule has 2 atom stereocenters. The van der Waals surface area contributed by atoms with E-state index in [2.05, 4.69) is 10.3 Å². The first-order valence-electron chi connectivity index (χ1n) is 9.73. The summed E-state index contributed by atoms with van der Waals surface area (Å²) < 4.78 is 20.1. The molecule has 1 fully saturated rings. The first kappa shape index (κ1) is 20.8. The van der Waals surface area contributed by atoms with E-state index in [1.807, 2.05) is 36.4 Å². The maximum atomic E-state index is 14.7. The molecule has 2 amide bonds. The number of benzene rings is 1. The lowest BCUT2D eigenvalue weighted by Gasteiger charge is -2.38. The Labute approximate surface area is 170 Å².